The average Bonchev–Trinajstić information content (AvgIpc) is 2.42. The molecule has 1 N–H and O–H groups in total. The highest BCUT2D eigenvalue weighted by atomic mass is 16.3. The summed E-state index contributed by atoms with van der Waals surface area (Å²) >= 11 is 0. The fraction of sp³-hybridized carbons (Fsp3) is 0.941. The summed E-state index contributed by atoms with van der Waals surface area (Å²) in [6.45, 7) is 12.9. The maximum atomic E-state index is 12.3. The summed E-state index contributed by atoms with van der Waals surface area (Å²) in [6.07, 6.45) is 3.14. The van der Waals surface area contributed by atoms with Gasteiger partial charge in [-0.05, 0) is 37.6 Å². The van der Waals surface area contributed by atoms with Gasteiger partial charge in [0.2, 0.25) is 5.91 Å². The van der Waals surface area contributed by atoms with E-state index >= 15 is 0 Å². The molecule has 1 amide bonds. The number of amides is 1. The van der Waals surface area contributed by atoms with E-state index in [1.165, 1.54) is 0 Å². The molecule has 0 spiro atoms. The molecule has 21 heavy (non-hydrogen) atoms. The van der Waals surface area contributed by atoms with E-state index in [1.807, 2.05) is 25.7 Å². The Labute approximate surface area is 129 Å². The first kappa shape index (κ1) is 16.8. The molecule has 0 saturated carbocycles. The maximum absolute atomic E-state index is 12.3. The summed E-state index contributed by atoms with van der Waals surface area (Å²) < 4.78 is 0. The Morgan fingerprint density at radius 1 is 1.14 bits per heavy atom. The van der Waals surface area contributed by atoms with Crippen LogP contribution in [0.1, 0.15) is 47.0 Å². The molecule has 0 bridgehead atoms. The Kier molecular flexibility index (Phi) is 5.31. The lowest BCUT2D eigenvalue weighted by atomic mass is 9.90. The van der Waals surface area contributed by atoms with Crippen molar-refractivity contribution in [3.63, 3.8) is 0 Å². The highest BCUT2D eigenvalue weighted by Gasteiger charge is 2.32. The highest BCUT2D eigenvalue weighted by molar-refractivity contribution is 5.81. The molecule has 2 aliphatic rings. The second-order valence-corrected chi connectivity index (χ2v) is 8.08. The number of β-amino-alcohol motifs (C(OH)–C–C–N with tert-alkyl or cyclic N) is 1. The van der Waals surface area contributed by atoms with Crippen LogP contribution in [0.3, 0.4) is 0 Å². The Balaban J connectivity index is 1.76. The molecule has 2 saturated heterocycles. The number of hydrogen-bond acceptors (Lipinski definition) is 3. The minimum atomic E-state index is -0.264. The lowest BCUT2D eigenvalue weighted by Gasteiger charge is -2.40. The van der Waals surface area contributed by atoms with E-state index in [9.17, 15) is 9.90 Å². The fourth-order valence-electron chi connectivity index (χ4n) is 3.44. The topological polar surface area (TPSA) is 43.8 Å². The number of carbonyl (C=O) groups excluding carboxylic acids is 1. The van der Waals surface area contributed by atoms with Crippen LogP contribution in [0.15, 0.2) is 0 Å². The van der Waals surface area contributed by atoms with Crippen LogP contribution in [0.5, 0.6) is 0 Å². The van der Waals surface area contributed by atoms with Gasteiger partial charge in [0.15, 0.2) is 0 Å². The second-order valence-electron chi connectivity index (χ2n) is 8.08. The molecule has 2 heterocycles. The maximum Gasteiger partial charge on any atom is 0.227 e. The number of aliphatic hydroxyl groups excluding tert-OH is 1. The molecule has 0 unspecified atom stereocenters. The van der Waals surface area contributed by atoms with Crippen molar-refractivity contribution in [1.29, 1.82) is 0 Å². The van der Waals surface area contributed by atoms with Gasteiger partial charge < -0.3 is 14.9 Å². The van der Waals surface area contributed by atoms with Gasteiger partial charge >= 0.3 is 0 Å². The van der Waals surface area contributed by atoms with Gasteiger partial charge in [0.05, 0.1) is 6.10 Å². The van der Waals surface area contributed by atoms with Crippen molar-refractivity contribution in [1.82, 2.24) is 9.80 Å². The van der Waals surface area contributed by atoms with Gasteiger partial charge in [0, 0.05) is 31.6 Å². The molecule has 2 fully saturated rings. The molecule has 122 valence electrons. The van der Waals surface area contributed by atoms with E-state index < -0.39 is 0 Å². The molecule has 4 heteroatoms. The van der Waals surface area contributed by atoms with Crippen molar-refractivity contribution in [3.05, 3.63) is 0 Å². The Hall–Kier alpha value is -0.610. The second kappa shape index (κ2) is 6.66. The van der Waals surface area contributed by atoms with Gasteiger partial charge in [-0.1, -0.05) is 27.7 Å². The van der Waals surface area contributed by atoms with E-state index in [2.05, 4.69) is 11.8 Å². The molecule has 2 atom stereocenters. The van der Waals surface area contributed by atoms with Gasteiger partial charge in [0.1, 0.15) is 0 Å². The van der Waals surface area contributed by atoms with Crippen LogP contribution in [0.4, 0.5) is 0 Å². The molecule has 0 radical (unpaired) electrons. The zero-order valence-electron chi connectivity index (χ0n) is 14.1. The third-order valence-corrected chi connectivity index (χ3v) is 5.06. The zero-order valence-corrected chi connectivity index (χ0v) is 14.1. The molecule has 0 aromatic carbocycles. The number of nitrogens with zero attached hydrogens (tertiary/aromatic N) is 2. The van der Waals surface area contributed by atoms with Crippen molar-refractivity contribution in [2.24, 2.45) is 17.3 Å². The molecule has 0 aromatic heterocycles. The van der Waals surface area contributed by atoms with Crippen LogP contribution in [0.25, 0.3) is 0 Å². The number of aliphatic hydroxyl groups is 1. The predicted octanol–water partition coefficient (Wildman–Crippen LogP) is 1.97. The Bertz CT molecular complexity index is 356. The van der Waals surface area contributed by atoms with E-state index in [4.69, 9.17) is 0 Å². The van der Waals surface area contributed by atoms with Gasteiger partial charge in [0.25, 0.3) is 0 Å². The highest BCUT2D eigenvalue weighted by Crippen LogP contribution is 2.25. The van der Waals surface area contributed by atoms with Crippen LogP contribution >= 0.6 is 0 Å². The first-order valence-corrected chi connectivity index (χ1v) is 8.47. The lowest BCUT2D eigenvalue weighted by Crippen LogP contribution is -2.48. The van der Waals surface area contributed by atoms with Crippen LogP contribution in [0, 0.1) is 17.3 Å². The molecular weight excluding hydrogens is 264 g/mol. The molecule has 0 aromatic rings. The van der Waals surface area contributed by atoms with Crippen LogP contribution in [-0.2, 0) is 4.79 Å². The minimum Gasteiger partial charge on any atom is -0.392 e. The summed E-state index contributed by atoms with van der Waals surface area (Å²) in [5, 5.41) is 9.99. The molecule has 4 nitrogen and oxygen atoms in total. The minimum absolute atomic E-state index is 0.165. The van der Waals surface area contributed by atoms with Crippen molar-refractivity contribution >= 4 is 5.91 Å². The Morgan fingerprint density at radius 2 is 1.76 bits per heavy atom. The summed E-state index contributed by atoms with van der Waals surface area (Å²) in [6, 6.07) is 0. The molecular formula is C17H32N2O2. The van der Waals surface area contributed by atoms with Crippen LogP contribution < -0.4 is 0 Å². The third-order valence-electron chi connectivity index (χ3n) is 5.06. The van der Waals surface area contributed by atoms with E-state index in [0.717, 1.165) is 52.0 Å². The predicted molar refractivity (Wildman–Crippen MR) is 85.0 cm³/mol. The SMILES string of the molecule is C[C@@H]1CCN(CC2CCN(C(=O)C(C)(C)C)CC2)C[C@@H]1O. The number of rotatable bonds is 2. The quantitative estimate of drug-likeness (QED) is 0.847. The number of hydrogen-bond donors (Lipinski definition) is 1. The van der Waals surface area contributed by atoms with Gasteiger partial charge in [-0.3, -0.25) is 4.79 Å². The number of carbonyl (C=O) groups is 1. The van der Waals surface area contributed by atoms with Crippen molar-refractivity contribution in [2.75, 3.05) is 32.7 Å². The third kappa shape index (κ3) is 4.43. The van der Waals surface area contributed by atoms with E-state index in [1.54, 1.807) is 0 Å². The first-order chi connectivity index (χ1) is 9.77. The van der Waals surface area contributed by atoms with Crippen molar-refractivity contribution in [2.45, 2.75) is 53.1 Å². The molecule has 2 rings (SSSR count). The van der Waals surface area contributed by atoms with Crippen LogP contribution in [0.2, 0.25) is 0 Å². The summed E-state index contributed by atoms with van der Waals surface area (Å²) in [7, 11) is 0. The van der Waals surface area contributed by atoms with Crippen molar-refractivity contribution in [3.8, 4) is 0 Å². The summed E-state index contributed by atoms with van der Waals surface area (Å²) in [4.78, 5) is 16.7. The summed E-state index contributed by atoms with van der Waals surface area (Å²) in [5.74, 6) is 1.39. The summed E-state index contributed by atoms with van der Waals surface area (Å²) in [5.41, 5.74) is -0.264. The van der Waals surface area contributed by atoms with Crippen molar-refractivity contribution < 1.29 is 9.90 Å². The average molecular weight is 296 g/mol. The van der Waals surface area contributed by atoms with E-state index in [-0.39, 0.29) is 17.4 Å². The lowest BCUT2D eigenvalue weighted by molar-refractivity contribution is -0.141. The zero-order chi connectivity index (χ0) is 15.6. The normalized spacial score (nSPS) is 29.7. The largest absolute Gasteiger partial charge is 0.392 e. The Morgan fingerprint density at radius 3 is 2.29 bits per heavy atom. The van der Waals surface area contributed by atoms with E-state index in [0.29, 0.717) is 11.8 Å². The first-order valence-electron chi connectivity index (χ1n) is 8.47. The molecule has 2 aliphatic heterocycles. The monoisotopic (exact) mass is 296 g/mol. The number of likely N-dealkylation sites (tertiary alicyclic amines) is 2. The van der Waals surface area contributed by atoms with Gasteiger partial charge in [-0.15, -0.1) is 0 Å². The number of piperidine rings is 2. The molecule has 0 aliphatic carbocycles. The smallest absolute Gasteiger partial charge is 0.227 e. The van der Waals surface area contributed by atoms with Crippen LogP contribution in [-0.4, -0.2) is 59.6 Å². The standard InChI is InChI=1S/C17H32N2O2/c1-13-5-8-18(12-15(13)20)11-14-6-9-19(10-7-14)16(21)17(2,3)4/h13-15,20H,5-12H2,1-4H3/t13-,15+/m1/s1. The fourth-order valence-corrected chi connectivity index (χ4v) is 3.44. The van der Waals surface area contributed by atoms with Gasteiger partial charge in [-0.25, -0.2) is 0 Å². The van der Waals surface area contributed by atoms with Gasteiger partial charge in [-0.2, -0.15) is 0 Å².